The van der Waals surface area contributed by atoms with Crippen LogP contribution in [-0.4, -0.2) is 0 Å². The van der Waals surface area contributed by atoms with Gasteiger partial charge in [-0.15, -0.1) is 3.96 Å². The molecule has 0 aliphatic heterocycles. The van der Waals surface area contributed by atoms with Crippen molar-refractivity contribution in [3.05, 3.63) is 65.1 Å². The predicted molar refractivity (Wildman–Crippen MR) is 117 cm³/mol. The summed E-state index contributed by atoms with van der Waals surface area (Å²) in [5.74, 6) is 0. The maximum Gasteiger partial charge on any atom is 0.259 e. The number of aryl methyl sites for hydroxylation is 1. The molecule has 0 N–H and O–H groups in total. The van der Waals surface area contributed by atoms with E-state index < -0.39 is 0 Å². The van der Waals surface area contributed by atoms with Crippen LogP contribution in [0.2, 0.25) is 0 Å². The minimum atomic E-state index is 0. The molecular formula is C16H13BrI3NS2. The Kier molecular flexibility index (Phi) is 11.2. The second-order valence-electron chi connectivity index (χ2n) is 4.33. The van der Waals surface area contributed by atoms with Crippen molar-refractivity contribution in [2.75, 3.05) is 0 Å². The number of benzene rings is 2. The van der Waals surface area contributed by atoms with Gasteiger partial charge in [0.1, 0.15) is 16.4 Å². The Morgan fingerprint density at radius 1 is 1.00 bits per heavy atom. The van der Waals surface area contributed by atoms with E-state index in [9.17, 15) is 0 Å². The van der Waals surface area contributed by atoms with Crippen LogP contribution in [0.25, 0.3) is 10.4 Å². The molecule has 1 aromatic heterocycles. The largest absolute Gasteiger partial charge is 1.00 e. The molecule has 0 aliphatic carbocycles. The quantitative estimate of drug-likeness (QED) is 0.291. The van der Waals surface area contributed by atoms with Crippen molar-refractivity contribution in [1.29, 1.82) is 0 Å². The molecule has 7 heteroatoms. The first-order chi connectivity index (χ1) is 10.7. The van der Waals surface area contributed by atoms with E-state index in [0.29, 0.717) is 0 Å². The number of nitrogens with zero attached hydrogens (tertiary/aromatic N) is 1. The van der Waals surface area contributed by atoms with Crippen molar-refractivity contribution in [1.82, 2.24) is 0 Å². The zero-order chi connectivity index (χ0) is 15.9. The molecule has 3 aromatic rings. The first-order valence-electron chi connectivity index (χ1n) is 6.36. The molecule has 0 radical (unpaired) electrons. The SMILES string of the molecule is C[n+]1sc(-c2ccccc2)cc1Sc1ccccc1Br.II.[I-]. The molecule has 0 saturated heterocycles. The first kappa shape index (κ1) is 22.1. The van der Waals surface area contributed by atoms with Crippen molar-refractivity contribution in [3.63, 3.8) is 0 Å². The van der Waals surface area contributed by atoms with Crippen LogP contribution in [0.3, 0.4) is 0 Å². The maximum absolute atomic E-state index is 3.60. The fourth-order valence-corrected chi connectivity index (χ4v) is 4.41. The third-order valence-corrected chi connectivity index (χ3v) is 6.18. The van der Waals surface area contributed by atoms with Gasteiger partial charge in [0.05, 0.1) is 0 Å². The van der Waals surface area contributed by atoms with Crippen molar-refractivity contribution in [2.45, 2.75) is 9.92 Å². The van der Waals surface area contributed by atoms with Crippen LogP contribution < -0.4 is 27.9 Å². The van der Waals surface area contributed by atoms with Gasteiger partial charge in [-0.2, -0.15) is 0 Å². The van der Waals surface area contributed by atoms with E-state index in [0.717, 1.165) is 4.47 Å². The monoisotopic (exact) mass is 743 g/mol. The van der Waals surface area contributed by atoms with Crippen LogP contribution in [-0.2, 0) is 7.05 Å². The van der Waals surface area contributed by atoms with E-state index in [4.69, 9.17) is 0 Å². The van der Waals surface area contributed by atoms with Gasteiger partial charge in [-0.3, -0.25) is 0 Å². The van der Waals surface area contributed by atoms with Crippen LogP contribution in [0.1, 0.15) is 0 Å². The molecule has 0 saturated carbocycles. The van der Waals surface area contributed by atoms with E-state index in [1.165, 1.54) is 20.4 Å². The smallest absolute Gasteiger partial charge is 0.259 e. The zero-order valence-corrected chi connectivity index (χ0v) is 21.7. The fraction of sp³-hybridized carbons (Fsp3) is 0.0625. The Balaban J connectivity index is 0.000000849. The normalized spacial score (nSPS) is 9.57. The lowest BCUT2D eigenvalue weighted by molar-refractivity contribution is -0.640. The standard InChI is InChI=1S/C16H13BrNS2.I2.HI/c1-18-16(19-14-10-6-5-9-13(14)17)11-15(20-18)12-7-3-2-4-8-12;1-2;/h2-11H,1H3;;1H/q+1;;/p-1. The Morgan fingerprint density at radius 2 is 1.61 bits per heavy atom. The summed E-state index contributed by atoms with van der Waals surface area (Å²) < 4.78 is 3.35. The highest BCUT2D eigenvalue weighted by molar-refractivity contribution is 15.0. The van der Waals surface area contributed by atoms with Crippen LogP contribution in [0.15, 0.2) is 75.1 Å². The van der Waals surface area contributed by atoms with Crippen LogP contribution >= 0.6 is 76.5 Å². The molecule has 0 spiro atoms. The summed E-state index contributed by atoms with van der Waals surface area (Å²) in [4.78, 5) is 2.53. The second-order valence-corrected chi connectivity index (χ2v) is 7.42. The molecule has 3 rings (SSSR count). The van der Waals surface area contributed by atoms with Gasteiger partial charge in [0.2, 0.25) is 0 Å². The van der Waals surface area contributed by atoms with Gasteiger partial charge in [0.25, 0.3) is 5.03 Å². The average Bonchev–Trinajstić information content (AvgIpc) is 2.93. The Hall–Kier alpha value is 1.09. The van der Waals surface area contributed by atoms with Gasteiger partial charge in [-0.05, 0) is 45.4 Å². The number of hydrogen-bond donors (Lipinski definition) is 0. The van der Waals surface area contributed by atoms with Gasteiger partial charge in [0, 0.05) is 52.7 Å². The third-order valence-electron chi connectivity index (χ3n) is 2.91. The summed E-state index contributed by atoms with van der Waals surface area (Å²) in [7, 11) is 2.11. The topological polar surface area (TPSA) is 3.88 Å². The van der Waals surface area contributed by atoms with Crippen LogP contribution in [0.4, 0.5) is 0 Å². The van der Waals surface area contributed by atoms with Gasteiger partial charge in [0.15, 0.2) is 7.05 Å². The molecule has 1 heterocycles. The lowest BCUT2D eigenvalue weighted by Crippen LogP contribution is -3.00. The van der Waals surface area contributed by atoms with E-state index in [1.54, 1.807) is 23.3 Å². The predicted octanol–water partition coefficient (Wildman–Crippen LogP) is 3.93. The number of rotatable bonds is 3. The Labute approximate surface area is 194 Å². The molecule has 0 amide bonds. The summed E-state index contributed by atoms with van der Waals surface area (Å²) in [6, 6.07) is 21.1. The number of halogens is 4. The van der Waals surface area contributed by atoms with Crippen molar-refractivity contribution >= 4 is 76.5 Å². The van der Waals surface area contributed by atoms with Gasteiger partial charge in [-0.1, -0.05) is 42.5 Å². The Morgan fingerprint density at radius 3 is 2.26 bits per heavy atom. The van der Waals surface area contributed by atoms with Gasteiger partial charge in [-0.25, -0.2) is 0 Å². The molecule has 23 heavy (non-hydrogen) atoms. The summed E-state index contributed by atoms with van der Waals surface area (Å²) in [5, 5.41) is 1.25. The second kappa shape index (κ2) is 11.7. The molecule has 0 aliphatic rings. The molecule has 1 nitrogen and oxygen atoms in total. The molecule has 0 bridgehead atoms. The lowest BCUT2D eigenvalue weighted by atomic mass is 10.2. The van der Waals surface area contributed by atoms with E-state index in [2.05, 4.69) is 113 Å². The third kappa shape index (κ3) is 6.39. The maximum atomic E-state index is 3.60. The Bertz CT molecular complexity index is 735. The lowest BCUT2D eigenvalue weighted by Gasteiger charge is -1.98. The molecule has 0 unspecified atom stereocenters. The first-order valence-corrected chi connectivity index (χ1v) is 15.0. The molecular weight excluding hydrogens is 731 g/mol. The molecule has 0 atom stereocenters. The highest BCUT2D eigenvalue weighted by atomic mass is 128. The van der Waals surface area contributed by atoms with E-state index in [1.807, 2.05) is 12.1 Å². The molecule has 122 valence electrons. The van der Waals surface area contributed by atoms with Crippen LogP contribution in [0.5, 0.6) is 0 Å². The van der Waals surface area contributed by atoms with Gasteiger partial charge < -0.3 is 24.0 Å². The summed E-state index contributed by atoms with van der Waals surface area (Å²) in [6.45, 7) is 0. The fourth-order valence-electron chi connectivity index (χ4n) is 1.89. The van der Waals surface area contributed by atoms with Crippen molar-refractivity contribution in [2.24, 2.45) is 7.05 Å². The van der Waals surface area contributed by atoms with Crippen molar-refractivity contribution in [3.8, 4) is 10.4 Å². The van der Waals surface area contributed by atoms with Crippen LogP contribution in [0, 0.1) is 0 Å². The van der Waals surface area contributed by atoms with Gasteiger partial charge >= 0.3 is 0 Å². The summed E-state index contributed by atoms with van der Waals surface area (Å²) in [6.07, 6.45) is 0. The highest BCUT2D eigenvalue weighted by Crippen LogP contribution is 2.35. The summed E-state index contributed by atoms with van der Waals surface area (Å²) >= 11 is 11.4. The highest BCUT2D eigenvalue weighted by Gasteiger charge is 2.17. The molecule has 0 fully saturated rings. The minimum absolute atomic E-state index is 0. The van der Waals surface area contributed by atoms with E-state index in [-0.39, 0.29) is 24.0 Å². The summed E-state index contributed by atoms with van der Waals surface area (Å²) in [5.41, 5.74) is 1.27. The minimum Gasteiger partial charge on any atom is -1.00 e. The zero-order valence-electron chi connectivity index (χ0n) is 12.0. The number of hydrogen-bond acceptors (Lipinski definition) is 2. The van der Waals surface area contributed by atoms with E-state index >= 15 is 0 Å². The molecule has 2 aromatic carbocycles. The number of aromatic nitrogens is 1. The van der Waals surface area contributed by atoms with Crippen molar-refractivity contribution < 1.29 is 27.9 Å². The average molecular weight is 744 g/mol.